The first kappa shape index (κ1) is 29.0. The molecule has 49 heavy (non-hydrogen) atoms. The Hall–Kier alpha value is -6.16. The Labute approximate surface area is 289 Å². The highest BCUT2D eigenvalue weighted by atomic mass is 32.1. The second kappa shape index (κ2) is 12.5. The highest BCUT2D eigenvalue weighted by Gasteiger charge is 2.15. The van der Waals surface area contributed by atoms with E-state index in [9.17, 15) is 0 Å². The maximum absolute atomic E-state index is 5.20. The Bertz CT molecular complexity index is 2570. The molecular weight excluding hydrogens is 613 g/mol. The van der Waals surface area contributed by atoms with Gasteiger partial charge < -0.3 is 0 Å². The summed E-state index contributed by atoms with van der Waals surface area (Å²) >= 11 is 1.85. The highest BCUT2D eigenvalue weighted by Crippen LogP contribution is 2.39. The molecule has 3 heteroatoms. The first-order valence-electron chi connectivity index (χ1n) is 16.5. The van der Waals surface area contributed by atoms with Crippen LogP contribution in [0.3, 0.4) is 0 Å². The second-order valence-electron chi connectivity index (χ2n) is 12.2. The second-order valence-corrected chi connectivity index (χ2v) is 13.3. The molecule has 0 aliphatic rings. The molecule has 0 spiro atoms. The monoisotopic (exact) mass is 642 g/mol. The Balaban J connectivity index is 1.21. The van der Waals surface area contributed by atoms with Crippen LogP contribution in [0.25, 0.3) is 87.5 Å². The minimum Gasteiger partial charge on any atom is -0.228 e. The van der Waals surface area contributed by atoms with E-state index in [1.54, 1.807) is 0 Å². The largest absolute Gasteiger partial charge is 0.228 e. The predicted octanol–water partition coefficient (Wildman–Crippen LogP) is 12.8. The van der Waals surface area contributed by atoms with Crippen molar-refractivity contribution in [1.29, 1.82) is 0 Å². The zero-order valence-electron chi connectivity index (χ0n) is 26.6. The van der Waals surface area contributed by atoms with Crippen LogP contribution < -0.4 is 0 Å². The van der Waals surface area contributed by atoms with Crippen LogP contribution in [0.2, 0.25) is 0 Å². The van der Waals surface area contributed by atoms with E-state index in [4.69, 9.17) is 9.97 Å². The Kier molecular flexibility index (Phi) is 7.38. The molecule has 0 amide bonds. The molecule has 2 aromatic heterocycles. The minimum absolute atomic E-state index is 0.707. The number of aromatic nitrogens is 2. The molecule has 9 aromatic rings. The number of hydrogen-bond acceptors (Lipinski definition) is 3. The summed E-state index contributed by atoms with van der Waals surface area (Å²) in [5.74, 6) is 0.707. The van der Waals surface area contributed by atoms with Gasteiger partial charge in [-0.1, -0.05) is 146 Å². The van der Waals surface area contributed by atoms with Crippen molar-refractivity contribution in [3.8, 4) is 67.3 Å². The van der Waals surface area contributed by atoms with E-state index in [1.807, 2.05) is 35.6 Å². The van der Waals surface area contributed by atoms with Gasteiger partial charge in [-0.05, 0) is 69.8 Å². The van der Waals surface area contributed by atoms with Crippen molar-refractivity contribution in [2.45, 2.75) is 0 Å². The van der Waals surface area contributed by atoms with Crippen LogP contribution in [0.5, 0.6) is 0 Å². The summed E-state index contributed by atoms with van der Waals surface area (Å²) < 4.78 is 2.60. The maximum Gasteiger partial charge on any atom is 0.160 e. The first-order valence-corrected chi connectivity index (χ1v) is 17.3. The fourth-order valence-electron chi connectivity index (χ4n) is 6.57. The quantitative estimate of drug-likeness (QED) is 0.180. The Morgan fingerprint density at radius 2 is 0.755 bits per heavy atom. The summed E-state index contributed by atoms with van der Waals surface area (Å²) in [6, 6.07) is 64.5. The summed E-state index contributed by atoms with van der Waals surface area (Å²) in [7, 11) is 0. The zero-order chi connectivity index (χ0) is 32.6. The summed E-state index contributed by atoms with van der Waals surface area (Å²) in [5.41, 5.74) is 11.9. The minimum atomic E-state index is 0.707. The van der Waals surface area contributed by atoms with Gasteiger partial charge in [0.05, 0.1) is 11.4 Å². The van der Waals surface area contributed by atoms with Gasteiger partial charge in [0.25, 0.3) is 0 Å². The van der Waals surface area contributed by atoms with Gasteiger partial charge in [0, 0.05) is 36.9 Å². The summed E-state index contributed by atoms with van der Waals surface area (Å²) in [6.45, 7) is 0. The molecule has 0 atom stereocenters. The summed E-state index contributed by atoms with van der Waals surface area (Å²) in [5, 5.41) is 2.61. The van der Waals surface area contributed by atoms with Gasteiger partial charge in [-0.25, -0.2) is 9.97 Å². The van der Waals surface area contributed by atoms with Gasteiger partial charge in [-0.2, -0.15) is 0 Å². The van der Waals surface area contributed by atoms with E-state index in [-0.39, 0.29) is 0 Å². The molecule has 0 saturated carbocycles. The number of thiophene rings is 1. The van der Waals surface area contributed by atoms with E-state index in [0.29, 0.717) is 5.82 Å². The number of nitrogens with zero attached hydrogens (tertiary/aromatic N) is 2. The van der Waals surface area contributed by atoms with E-state index in [2.05, 4.69) is 158 Å². The van der Waals surface area contributed by atoms with Crippen molar-refractivity contribution in [3.63, 3.8) is 0 Å². The van der Waals surface area contributed by atoms with Crippen LogP contribution >= 0.6 is 11.3 Å². The van der Waals surface area contributed by atoms with E-state index in [0.717, 1.165) is 39.2 Å². The van der Waals surface area contributed by atoms with Gasteiger partial charge in [-0.15, -0.1) is 11.3 Å². The van der Waals surface area contributed by atoms with Crippen LogP contribution in [0, 0.1) is 0 Å². The highest BCUT2D eigenvalue weighted by molar-refractivity contribution is 7.25. The fraction of sp³-hybridized carbons (Fsp3) is 0. The van der Waals surface area contributed by atoms with Crippen molar-refractivity contribution in [2.24, 2.45) is 0 Å². The van der Waals surface area contributed by atoms with Crippen molar-refractivity contribution in [3.05, 3.63) is 182 Å². The predicted molar refractivity (Wildman–Crippen MR) is 208 cm³/mol. The van der Waals surface area contributed by atoms with Crippen molar-refractivity contribution < 1.29 is 0 Å². The van der Waals surface area contributed by atoms with Crippen molar-refractivity contribution in [1.82, 2.24) is 9.97 Å². The summed E-state index contributed by atoms with van der Waals surface area (Å²) in [6.07, 6.45) is 0. The van der Waals surface area contributed by atoms with Gasteiger partial charge in [0.15, 0.2) is 5.82 Å². The van der Waals surface area contributed by atoms with Gasteiger partial charge in [-0.3, -0.25) is 0 Å². The lowest BCUT2D eigenvalue weighted by Gasteiger charge is -2.13. The third kappa shape index (κ3) is 5.71. The average Bonchev–Trinajstić information content (AvgIpc) is 3.57. The zero-order valence-corrected chi connectivity index (χ0v) is 27.4. The van der Waals surface area contributed by atoms with Crippen LogP contribution in [-0.2, 0) is 0 Å². The molecule has 0 saturated heterocycles. The lowest BCUT2D eigenvalue weighted by molar-refractivity contribution is 1.18. The Morgan fingerprint density at radius 3 is 1.45 bits per heavy atom. The fourth-order valence-corrected chi connectivity index (χ4v) is 7.71. The number of benzene rings is 7. The van der Waals surface area contributed by atoms with Crippen LogP contribution in [-0.4, -0.2) is 9.97 Å². The number of hydrogen-bond donors (Lipinski definition) is 0. The van der Waals surface area contributed by atoms with Gasteiger partial charge in [0.1, 0.15) is 0 Å². The molecule has 0 aliphatic carbocycles. The number of rotatable bonds is 6. The molecule has 230 valence electrons. The molecule has 0 fully saturated rings. The molecule has 2 nitrogen and oxygen atoms in total. The number of fused-ring (bicyclic) bond motifs is 3. The maximum atomic E-state index is 5.20. The van der Waals surface area contributed by atoms with E-state index >= 15 is 0 Å². The standard InChI is InChI=1S/C46H30N2S/c1-4-12-31(13-5-1)33-20-22-34(23-21-33)42-30-43(48-46(47-42)35-16-8-3-9-17-35)39-27-37(32-14-6-2-7-15-32)26-38(28-39)36-24-25-41-40-18-10-11-19-44(40)49-45(41)29-36/h1-30H. The molecule has 2 heterocycles. The third-order valence-electron chi connectivity index (χ3n) is 9.09. The first-order chi connectivity index (χ1) is 24.2. The molecule has 9 rings (SSSR count). The summed E-state index contributed by atoms with van der Waals surface area (Å²) in [4.78, 5) is 10.3. The van der Waals surface area contributed by atoms with Crippen LogP contribution in [0.15, 0.2) is 182 Å². The van der Waals surface area contributed by atoms with Gasteiger partial charge in [0.2, 0.25) is 0 Å². The van der Waals surface area contributed by atoms with Crippen molar-refractivity contribution >= 4 is 31.5 Å². The van der Waals surface area contributed by atoms with Gasteiger partial charge >= 0.3 is 0 Å². The molecular formula is C46H30N2S. The lowest BCUT2D eigenvalue weighted by Crippen LogP contribution is -1.96. The molecule has 0 bridgehead atoms. The molecule has 0 unspecified atom stereocenters. The SMILES string of the molecule is c1ccc(-c2ccc(-c3cc(-c4cc(-c5ccccc5)cc(-c5ccc6c(c5)sc5ccccc56)c4)nc(-c4ccccc4)n3)cc2)cc1. The van der Waals surface area contributed by atoms with E-state index < -0.39 is 0 Å². The van der Waals surface area contributed by atoms with Crippen LogP contribution in [0.4, 0.5) is 0 Å². The molecule has 7 aromatic carbocycles. The molecule has 0 aliphatic heterocycles. The molecule has 0 N–H and O–H groups in total. The average molecular weight is 643 g/mol. The van der Waals surface area contributed by atoms with E-state index in [1.165, 1.54) is 42.4 Å². The Morgan fingerprint density at radius 1 is 0.286 bits per heavy atom. The lowest BCUT2D eigenvalue weighted by atomic mass is 9.94. The van der Waals surface area contributed by atoms with Crippen molar-refractivity contribution in [2.75, 3.05) is 0 Å². The normalized spacial score (nSPS) is 11.3. The third-order valence-corrected chi connectivity index (χ3v) is 10.2. The topological polar surface area (TPSA) is 25.8 Å². The smallest absolute Gasteiger partial charge is 0.160 e. The molecule has 0 radical (unpaired) electrons. The van der Waals surface area contributed by atoms with Crippen LogP contribution in [0.1, 0.15) is 0 Å².